The molecule has 0 aliphatic carbocycles. The molecule has 1 N–H and O–H groups in total. The molecule has 2 amide bonds. The number of hydrogen-bond donors (Lipinski definition) is 1. The first-order chi connectivity index (χ1) is 12.7. The molecule has 6 nitrogen and oxygen atoms in total. The normalized spacial score (nSPS) is 14.4. The maximum atomic E-state index is 12.4. The maximum absolute atomic E-state index is 12.4. The SMILES string of the molecule is Cc1cc(NC(=O)c2ccc(CS(C)(=O)=O)cc2)ccc1N1CCCC1=O. The average Bonchev–Trinajstić information content (AvgIpc) is 3.00. The number of aryl methyl sites for hydroxylation is 1. The van der Waals surface area contributed by atoms with Gasteiger partial charge in [-0.2, -0.15) is 0 Å². The predicted octanol–water partition coefficient (Wildman–Crippen LogP) is 2.92. The zero-order valence-electron chi connectivity index (χ0n) is 15.4. The van der Waals surface area contributed by atoms with Crippen LogP contribution in [0.1, 0.15) is 34.3 Å². The van der Waals surface area contributed by atoms with Gasteiger partial charge in [0, 0.05) is 36.2 Å². The fraction of sp³-hybridized carbons (Fsp3) is 0.300. The van der Waals surface area contributed by atoms with Gasteiger partial charge in [-0.05, 0) is 54.8 Å². The molecule has 2 aromatic rings. The van der Waals surface area contributed by atoms with Crippen LogP contribution in [0.15, 0.2) is 42.5 Å². The zero-order valence-corrected chi connectivity index (χ0v) is 16.2. The fourth-order valence-electron chi connectivity index (χ4n) is 3.20. The Morgan fingerprint density at radius 2 is 1.85 bits per heavy atom. The summed E-state index contributed by atoms with van der Waals surface area (Å²) in [6, 6.07) is 12.0. The van der Waals surface area contributed by atoms with Crippen LogP contribution in [0.3, 0.4) is 0 Å². The van der Waals surface area contributed by atoms with Gasteiger partial charge >= 0.3 is 0 Å². The van der Waals surface area contributed by atoms with Crippen molar-refractivity contribution in [3.8, 4) is 0 Å². The summed E-state index contributed by atoms with van der Waals surface area (Å²) >= 11 is 0. The highest BCUT2D eigenvalue weighted by Gasteiger charge is 2.23. The summed E-state index contributed by atoms with van der Waals surface area (Å²) in [4.78, 5) is 26.1. The summed E-state index contributed by atoms with van der Waals surface area (Å²) in [5.41, 5.74) is 3.54. The minimum absolute atomic E-state index is 0.0508. The van der Waals surface area contributed by atoms with Crippen molar-refractivity contribution in [2.75, 3.05) is 23.0 Å². The Hall–Kier alpha value is -2.67. The molecular formula is C20H22N2O4S. The number of rotatable bonds is 5. The summed E-state index contributed by atoms with van der Waals surface area (Å²) in [6.45, 7) is 2.64. The van der Waals surface area contributed by atoms with E-state index in [9.17, 15) is 18.0 Å². The average molecular weight is 386 g/mol. The van der Waals surface area contributed by atoms with Gasteiger partial charge in [0.25, 0.3) is 5.91 Å². The Morgan fingerprint density at radius 1 is 1.15 bits per heavy atom. The van der Waals surface area contributed by atoms with Crippen LogP contribution in [0.5, 0.6) is 0 Å². The molecule has 0 unspecified atom stereocenters. The van der Waals surface area contributed by atoms with Gasteiger partial charge in [-0.25, -0.2) is 8.42 Å². The van der Waals surface area contributed by atoms with Crippen LogP contribution in [0, 0.1) is 6.92 Å². The molecule has 1 heterocycles. The molecule has 0 bridgehead atoms. The summed E-state index contributed by atoms with van der Waals surface area (Å²) in [5, 5.41) is 2.84. The first-order valence-electron chi connectivity index (χ1n) is 8.72. The van der Waals surface area contributed by atoms with Crippen LogP contribution in [-0.4, -0.2) is 33.0 Å². The third-order valence-electron chi connectivity index (χ3n) is 4.46. The minimum atomic E-state index is -3.11. The lowest BCUT2D eigenvalue weighted by atomic mass is 10.1. The summed E-state index contributed by atoms with van der Waals surface area (Å²) in [6.07, 6.45) is 2.62. The van der Waals surface area contributed by atoms with Gasteiger partial charge in [-0.3, -0.25) is 9.59 Å². The van der Waals surface area contributed by atoms with Crippen LogP contribution >= 0.6 is 0 Å². The zero-order chi connectivity index (χ0) is 19.6. The van der Waals surface area contributed by atoms with E-state index in [1.54, 1.807) is 35.2 Å². The lowest BCUT2D eigenvalue weighted by Crippen LogP contribution is -2.24. The van der Waals surface area contributed by atoms with Gasteiger partial charge in [0.05, 0.1) is 5.75 Å². The quantitative estimate of drug-likeness (QED) is 0.856. The van der Waals surface area contributed by atoms with Gasteiger partial charge in [0.2, 0.25) is 5.91 Å². The fourth-order valence-corrected chi connectivity index (χ4v) is 4.00. The van der Waals surface area contributed by atoms with Crippen molar-refractivity contribution < 1.29 is 18.0 Å². The number of benzene rings is 2. The Labute approximate surface area is 159 Å². The van der Waals surface area contributed by atoms with E-state index < -0.39 is 9.84 Å². The number of carbonyl (C=O) groups excluding carboxylic acids is 2. The standard InChI is InChI=1S/C20H22N2O4S/c1-14-12-17(9-10-18(14)22-11-3-4-19(22)23)21-20(24)16-7-5-15(6-8-16)13-27(2,25)26/h5-10,12H,3-4,11,13H2,1-2H3,(H,21,24). The Morgan fingerprint density at radius 3 is 2.41 bits per heavy atom. The molecule has 2 aromatic carbocycles. The molecule has 142 valence electrons. The molecule has 0 atom stereocenters. The molecule has 27 heavy (non-hydrogen) atoms. The van der Waals surface area contributed by atoms with E-state index in [4.69, 9.17) is 0 Å². The monoisotopic (exact) mass is 386 g/mol. The summed E-state index contributed by atoms with van der Waals surface area (Å²) in [5.74, 6) is -0.195. The molecule has 7 heteroatoms. The number of nitrogens with zero attached hydrogens (tertiary/aromatic N) is 1. The van der Waals surface area contributed by atoms with Crippen LogP contribution in [0.2, 0.25) is 0 Å². The third kappa shape index (κ3) is 4.74. The van der Waals surface area contributed by atoms with Gasteiger partial charge in [-0.1, -0.05) is 12.1 Å². The van der Waals surface area contributed by atoms with Crippen molar-refractivity contribution in [3.63, 3.8) is 0 Å². The molecule has 0 aromatic heterocycles. The molecule has 1 saturated heterocycles. The van der Waals surface area contributed by atoms with E-state index in [0.717, 1.165) is 24.2 Å². The van der Waals surface area contributed by atoms with Crippen molar-refractivity contribution in [1.29, 1.82) is 0 Å². The van der Waals surface area contributed by atoms with Crippen LogP contribution in [0.25, 0.3) is 0 Å². The lowest BCUT2D eigenvalue weighted by Gasteiger charge is -2.19. The molecule has 1 aliphatic rings. The highest BCUT2D eigenvalue weighted by Crippen LogP contribution is 2.27. The maximum Gasteiger partial charge on any atom is 0.255 e. The number of amides is 2. The number of carbonyl (C=O) groups is 2. The van der Waals surface area contributed by atoms with Gasteiger partial charge in [-0.15, -0.1) is 0 Å². The molecule has 1 fully saturated rings. The van der Waals surface area contributed by atoms with Crippen molar-refractivity contribution in [2.24, 2.45) is 0 Å². The Bertz CT molecular complexity index is 982. The second kappa shape index (κ2) is 7.52. The molecule has 0 spiro atoms. The molecule has 0 radical (unpaired) electrons. The van der Waals surface area contributed by atoms with Crippen LogP contribution in [-0.2, 0) is 20.4 Å². The third-order valence-corrected chi connectivity index (χ3v) is 5.32. The Balaban J connectivity index is 1.70. The second-order valence-corrected chi connectivity index (χ2v) is 9.01. The Kier molecular flexibility index (Phi) is 5.32. The number of hydrogen-bond acceptors (Lipinski definition) is 4. The summed E-state index contributed by atoms with van der Waals surface area (Å²) < 4.78 is 22.7. The molecule has 0 saturated carbocycles. The number of anilines is 2. The van der Waals surface area contributed by atoms with E-state index in [1.165, 1.54) is 6.26 Å². The lowest BCUT2D eigenvalue weighted by molar-refractivity contribution is -0.117. The van der Waals surface area contributed by atoms with E-state index >= 15 is 0 Å². The van der Waals surface area contributed by atoms with Crippen molar-refractivity contribution in [3.05, 3.63) is 59.2 Å². The van der Waals surface area contributed by atoms with Gasteiger partial charge in [0.15, 0.2) is 9.84 Å². The second-order valence-electron chi connectivity index (χ2n) is 6.87. The van der Waals surface area contributed by atoms with Crippen molar-refractivity contribution in [1.82, 2.24) is 0 Å². The van der Waals surface area contributed by atoms with Crippen LogP contribution in [0.4, 0.5) is 11.4 Å². The van der Waals surface area contributed by atoms with Crippen molar-refractivity contribution in [2.45, 2.75) is 25.5 Å². The molecule has 3 rings (SSSR count). The highest BCUT2D eigenvalue weighted by atomic mass is 32.2. The van der Waals surface area contributed by atoms with Crippen molar-refractivity contribution >= 4 is 33.0 Å². The van der Waals surface area contributed by atoms with E-state index in [1.807, 2.05) is 19.1 Å². The number of nitrogens with one attached hydrogen (secondary N) is 1. The predicted molar refractivity (Wildman–Crippen MR) is 106 cm³/mol. The van der Waals surface area contributed by atoms with Crippen LogP contribution < -0.4 is 10.2 Å². The van der Waals surface area contributed by atoms with E-state index in [-0.39, 0.29) is 17.6 Å². The smallest absolute Gasteiger partial charge is 0.255 e. The van der Waals surface area contributed by atoms with E-state index in [0.29, 0.717) is 23.2 Å². The van der Waals surface area contributed by atoms with E-state index in [2.05, 4.69) is 5.32 Å². The largest absolute Gasteiger partial charge is 0.322 e. The first kappa shape index (κ1) is 19.1. The minimum Gasteiger partial charge on any atom is -0.322 e. The molecular weight excluding hydrogens is 364 g/mol. The first-order valence-corrected chi connectivity index (χ1v) is 10.8. The topological polar surface area (TPSA) is 83.6 Å². The van der Waals surface area contributed by atoms with Gasteiger partial charge < -0.3 is 10.2 Å². The van der Waals surface area contributed by atoms with Gasteiger partial charge in [0.1, 0.15) is 0 Å². The molecule has 1 aliphatic heterocycles. The number of sulfone groups is 1. The highest BCUT2D eigenvalue weighted by molar-refractivity contribution is 7.89. The summed E-state index contributed by atoms with van der Waals surface area (Å²) in [7, 11) is -3.11.